The van der Waals surface area contributed by atoms with Crippen molar-refractivity contribution in [3.8, 4) is 5.75 Å². The minimum absolute atomic E-state index is 0.0173. The molecule has 1 fully saturated rings. The number of amides is 1. The summed E-state index contributed by atoms with van der Waals surface area (Å²) in [6.07, 6.45) is 0.117. The van der Waals surface area contributed by atoms with Crippen LogP contribution in [0.25, 0.3) is 0 Å². The average Bonchev–Trinajstić information content (AvgIpc) is 2.36. The molecule has 0 unspecified atom stereocenters. The lowest BCUT2D eigenvalue weighted by Crippen LogP contribution is -2.48. The van der Waals surface area contributed by atoms with Gasteiger partial charge in [-0.2, -0.15) is 0 Å². The molecule has 1 saturated heterocycles. The van der Waals surface area contributed by atoms with E-state index in [0.29, 0.717) is 30.1 Å². The largest absolute Gasteiger partial charge is 0.495 e. The molecule has 0 aromatic heterocycles. The molecule has 1 aromatic rings. The van der Waals surface area contributed by atoms with Gasteiger partial charge in [-0.1, -0.05) is 0 Å². The van der Waals surface area contributed by atoms with Crippen LogP contribution in [0.2, 0.25) is 0 Å². The van der Waals surface area contributed by atoms with E-state index < -0.39 is 0 Å². The first-order valence-corrected chi connectivity index (χ1v) is 6.39. The Labute approximate surface area is 113 Å². The Hall–Kier alpha value is -1.75. The lowest BCUT2D eigenvalue weighted by Gasteiger charge is -2.35. The molecular weight excluding hydrogens is 244 g/mol. The van der Waals surface area contributed by atoms with Gasteiger partial charge in [0.25, 0.3) is 5.91 Å². The maximum Gasteiger partial charge on any atom is 0.254 e. The number of hydrogen-bond acceptors (Lipinski definition) is 4. The van der Waals surface area contributed by atoms with Crippen molar-refractivity contribution in [1.82, 2.24) is 4.90 Å². The summed E-state index contributed by atoms with van der Waals surface area (Å²) in [6.45, 7) is 5.15. The van der Waals surface area contributed by atoms with Crippen molar-refractivity contribution in [1.29, 1.82) is 0 Å². The fourth-order valence-electron chi connectivity index (χ4n) is 2.39. The van der Waals surface area contributed by atoms with Crippen LogP contribution in [0.5, 0.6) is 5.75 Å². The van der Waals surface area contributed by atoms with Gasteiger partial charge < -0.3 is 20.1 Å². The van der Waals surface area contributed by atoms with Crippen molar-refractivity contribution in [2.75, 3.05) is 25.9 Å². The Morgan fingerprint density at radius 2 is 2.00 bits per heavy atom. The molecule has 2 rings (SSSR count). The molecule has 0 saturated carbocycles. The first-order chi connectivity index (χ1) is 9.01. The molecule has 1 aliphatic rings. The van der Waals surface area contributed by atoms with Gasteiger partial charge >= 0.3 is 0 Å². The van der Waals surface area contributed by atoms with Crippen LogP contribution in [-0.4, -0.2) is 43.2 Å². The summed E-state index contributed by atoms with van der Waals surface area (Å²) in [5.41, 5.74) is 6.89. The van der Waals surface area contributed by atoms with Crippen LogP contribution in [0.3, 0.4) is 0 Å². The minimum atomic E-state index is -0.0173. The highest BCUT2D eigenvalue weighted by Crippen LogP contribution is 2.23. The number of morpholine rings is 1. The number of hydrogen-bond donors (Lipinski definition) is 1. The maximum atomic E-state index is 12.4. The standard InChI is InChI=1S/C14H20N2O3/c1-9-7-16(8-10(2)19-9)14(17)11-4-5-13(18-3)12(15)6-11/h4-6,9-10H,7-8,15H2,1-3H3/t9-,10+. The molecule has 0 bridgehead atoms. The third kappa shape index (κ3) is 2.98. The summed E-state index contributed by atoms with van der Waals surface area (Å²) in [5, 5.41) is 0. The monoisotopic (exact) mass is 264 g/mol. The van der Waals surface area contributed by atoms with Gasteiger partial charge in [0.15, 0.2) is 0 Å². The molecule has 19 heavy (non-hydrogen) atoms. The van der Waals surface area contributed by atoms with Gasteiger partial charge in [-0.3, -0.25) is 4.79 Å². The molecule has 0 radical (unpaired) electrons. The second-order valence-corrected chi connectivity index (χ2v) is 4.92. The average molecular weight is 264 g/mol. The smallest absolute Gasteiger partial charge is 0.254 e. The van der Waals surface area contributed by atoms with Crippen LogP contribution in [0.4, 0.5) is 5.69 Å². The van der Waals surface area contributed by atoms with Crippen molar-refractivity contribution >= 4 is 11.6 Å². The molecule has 2 atom stereocenters. The van der Waals surface area contributed by atoms with Gasteiger partial charge in [0.05, 0.1) is 25.0 Å². The number of ether oxygens (including phenoxy) is 2. The molecule has 104 valence electrons. The zero-order chi connectivity index (χ0) is 14.0. The summed E-state index contributed by atoms with van der Waals surface area (Å²) in [5.74, 6) is 0.566. The molecule has 5 nitrogen and oxygen atoms in total. The first-order valence-electron chi connectivity index (χ1n) is 6.39. The van der Waals surface area contributed by atoms with Crippen LogP contribution < -0.4 is 10.5 Å². The van der Waals surface area contributed by atoms with E-state index in [0.717, 1.165) is 0 Å². The fourth-order valence-corrected chi connectivity index (χ4v) is 2.39. The van der Waals surface area contributed by atoms with E-state index in [1.165, 1.54) is 0 Å². The third-order valence-electron chi connectivity index (χ3n) is 3.18. The maximum absolute atomic E-state index is 12.4. The minimum Gasteiger partial charge on any atom is -0.495 e. The molecule has 0 spiro atoms. The number of nitrogens with two attached hydrogens (primary N) is 1. The third-order valence-corrected chi connectivity index (χ3v) is 3.18. The van der Waals surface area contributed by atoms with Gasteiger partial charge in [-0.25, -0.2) is 0 Å². The van der Waals surface area contributed by atoms with Gasteiger partial charge in [-0.05, 0) is 32.0 Å². The van der Waals surface area contributed by atoms with Gasteiger partial charge in [-0.15, -0.1) is 0 Å². The molecule has 1 heterocycles. The Morgan fingerprint density at radius 3 is 2.53 bits per heavy atom. The van der Waals surface area contributed by atoms with Crippen molar-refractivity contribution in [3.63, 3.8) is 0 Å². The summed E-state index contributed by atoms with van der Waals surface area (Å²) in [7, 11) is 1.55. The van der Waals surface area contributed by atoms with E-state index in [2.05, 4.69) is 0 Å². The SMILES string of the molecule is COc1ccc(C(=O)N2C[C@@H](C)O[C@@H](C)C2)cc1N. The van der Waals surface area contributed by atoms with Crippen LogP contribution in [-0.2, 0) is 4.74 Å². The fraction of sp³-hybridized carbons (Fsp3) is 0.500. The lowest BCUT2D eigenvalue weighted by molar-refractivity contribution is -0.0586. The molecule has 2 N–H and O–H groups in total. The number of carbonyl (C=O) groups is 1. The highest BCUT2D eigenvalue weighted by molar-refractivity contribution is 5.95. The second-order valence-electron chi connectivity index (χ2n) is 4.92. The van der Waals surface area contributed by atoms with Gasteiger partial charge in [0, 0.05) is 18.7 Å². The number of methoxy groups -OCH3 is 1. The second kappa shape index (κ2) is 5.48. The summed E-state index contributed by atoms with van der Waals surface area (Å²) in [6, 6.07) is 5.12. The summed E-state index contributed by atoms with van der Waals surface area (Å²) < 4.78 is 10.7. The number of nitrogens with zero attached hydrogens (tertiary/aromatic N) is 1. The Kier molecular flexibility index (Phi) is 3.95. The predicted molar refractivity (Wildman–Crippen MR) is 73.3 cm³/mol. The Balaban J connectivity index is 2.17. The number of anilines is 1. The van der Waals surface area contributed by atoms with Crippen LogP contribution in [0, 0.1) is 0 Å². The predicted octanol–water partition coefficient (Wildman–Crippen LogP) is 1.53. The van der Waals surface area contributed by atoms with Crippen molar-refractivity contribution in [3.05, 3.63) is 23.8 Å². The molecule has 1 aromatic carbocycles. The Bertz CT molecular complexity index is 466. The molecule has 5 heteroatoms. The van der Waals surface area contributed by atoms with E-state index in [1.54, 1.807) is 30.2 Å². The normalized spacial score (nSPS) is 23.2. The van der Waals surface area contributed by atoms with E-state index >= 15 is 0 Å². The van der Waals surface area contributed by atoms with E-state index in [-0.39, 0.29) is 18.1 Å². The Morgan fingerprint density at radius 1 is 1.37 bits per heavy atom. The highest BCUT2D eigenvalue weighted by Gasteiger charge is 2.26. The van der Waals surface area contributed by atoms with Crippen LogP contribution in [0.1, 0.15) is 24.2 Å². The number of nitrogen functional groups attached to an aromatic ring is 1. The first kappa shape index (κ1) is 13.7. The molecular formula is C14H20N2O3. The summed E-state index contributed by atoms with van der Waals surface area (Å²) in [4.78, 5) is 14.2. The quantitative estimate of drug-likeness (QED) is 0.823. The zero-order valence-corrected chi connectivity index (χ0v) is 11.6. The van der Waals surface area contributed by atoms with Crippen LogP contribution >= 0.6 is 0 Å². The number of carbonyl (C=O) groups excluding carboxylic acids is 1. The van der Waals surface area contributed by atoms with Gasteiger partial charge in [0.2, 0.25) is 0 Å². The zero-order valence-electron chi connectivity index (χ0n) is 11.6. The topological polar surface area (TPSA) is 64.8 Å². The van der Waals surface area contributed by atoms with Crippen molar-refractivity contribution in [2.45, 2.75) is 26.1 Å². The summed E-state index contributed by atoms with van der Waals surface area (Å²) >= 11 is 0. The van der Waals surface area contributed by atoms with Crippen LogP contribution in [0.15, 0.2) is 18.2 Å². The van der Waals surface area contributed by atoms with Gasteiger partial charge in [0.1, 0.15) is 5.75 Å². The molecule has 1 aliphatic heterocycles. The molecule has 1 amide bonds. The van der Waals surface area contributed by atoms with Crippen molar-refractivity contribution in [2.24, 2.45) is 0 Å². The number of benzene rings is 1. The van der Waals surface area contributed by atoms with Crippen molar-refractivity contribution < 1.29 is 14.3 Å². The highest BCUT2D eigenvalue weighted by atomic mass is 16.5. The number of rotatable bonds is 2. The van der Waals surface area contributed by atoms with E-state index in [4.69, 9.17) is 15.2 Å². The molecule has 0 aliphatic carbocycles. The van der Waals surface area contributed by atoms with E-state index in [1.807, 2.05) is 13.8 Å². The lowest BCUT2D eigenvalue weighted by atomic mass is 10.1. The van der Waals surface area contributed by atoms with E-state index in [9.17, 15) is 4.79 Å².